The minimum atomic E-state index is -0.258. The summed E-state index contributed by atoms with van der Waals surface area (Å²) in [6.07, 6.45) is 2.94. The molecule has 1 aliphatic carbocycles. The van der Waals surface area contributed by atoms with Gasteiger partial charge >= 0.3 is 0 Å². The third-order valence-electron chi connectivity index (χ3n) is 3.33. The first kappa shape index (κ1) is 11.8. The summed E-state index contributed by atoms with van der Waals surface area (Å²) < 4.78 is 14.6. The Hall–Kier alpha value is -2.24. The second-order valence-corrected chi connectivity index (χ2v) is 4.67. The van der Waals surface area contributed by atoms with Crippen molar-refractivity contribution in [2.75, 3.05) is 5.32 Å². The minimum absolute atomic E-state index is 0.142. The number of halogens is 1. The molecule has 0 fully saturated rings. The molecule has 1 aromatic carbocycles. The number of rotatable bonds is 2. The number of aromatic nitrogens is 3. The van der Waals surface area contributed by atoms with Crippen molar-refractivity contribution in [3.8, 4) is 0 Å². The van der Waals surface area contributed by atoms with Crippen LogP contribution < -0.4 is 5.32 Å². The van der Waals surface area contributed by atoms with Crippen LogP contribution in [0.1, 0.15) is 23.5 Å². The highest BCUT2D eigenvalue weighted by molar-refractivity contribution is 5.95. The highest BCUT2D eigenvalue weighted by Crippen LogP contribution is 2.34. The maximum absolute atomic E-state index is 13.1. The first-order valence-corrected chi connectivity index (χ1v) is 6.08. The van der Waals surface area contributed by atoms with Gasteiger partial charge in [0.2, 0.25) is 11.9 Å². The lowest BCUT2D eigenvalue weighted by Crippen LogP contribution is -2.20. The summed E-state index contributed by atoms with van der Waals surface area (Å²) >= 11 is 0. The van der Waals surface area contributed by atoms with E-state index in [4.69, 9.17) is 0 Å². The SMILES string of the molecule is Cn1cnc(NC(=O)[C@@H]2CCc3cc(F)ccc32)n1. The van der Waals surface area contributed by atoms with Gasteiger partial charge < -0.3 is 0 Å². The number of aryl methyl sites for hydroxylation is 2. The molecule has 0 spiro atoms. The number of nitrogens with zero attached hydrogens (tertiary/aromatic N) is 3. The van der Waals surface area contributed by atoms with Gasteiger partial charge in [-0.05, 0) is 36.1 Å². The van der Waals surface area contributed by atoms with Crippen molar-refractivity contribution in [1.82, 2.24) is 14.8 Å². The van der Waals surface area contributed by atoms with Crippen LogP contribution in [0.25, 0.3) is 0 Å². The maximum Gasteiger partial charge on any atom is 0.248 e. The number of nitrogens with one attached hydrogen (secondary N) is 1. The van der Waals surface area contributed by atoms with Crippen LogP contribution in [0, 0.1) is 5.82 Å². The summed E-state index contributed by atoms with van der Waals surface area (Å²) in [5.74, 6) is -0.356. The first-order chi connectivity index (χ1) is 9.13. The lowest BCUT2D eigenvalue weighted by Gasteiger charge is -2.10. The van der Waals surface area contributed by atoms with Crippen LogP contribution in [0.4, 0.5) is 10.3 Å². The van der Waals surface area contributed by atoms with Gasteiger partial charge in [0.15, 0.2) is 0 Å². The number of hydrogen-bond acceptors (Lipinski definition) is 3. The minimum Gasteiger partial charge on any atom is -0.293 e. The number of anilines is 1. The first-order valence-electron chi connectivity index (χ1n) is 6.08. The highest BCUT2D eigenvalue weighted by atomic mass is 19.1. The molecule has 6 heteroatoms. The van der Waals surface area contributed by atoms with E-state index in [9.17, 15) is 9.18 Å². The third-order valence-corrected chi connectivity index (χ3v) is 3.33. The quantitative estimate of drug-likeness (QED) is 0.892. The van der Waals surface area contributed by atoms with Crippen LogP contribution in [0.5, 0.6) is 0 Å². The van der Waals surface area contributed by atoms with Gasteiger partial charge in [0.1, 0.15) is 12.1 Å². The number of amides is 1. The molecule has 5 nitrogen and oxygen atoms in total. The average Bonchev–Trinajstić information content (AvgIpc) is 2.95. The molecule has 0 radical (unpaired) electrons. The normalized spacial score (nSPS) is 17.3. The van der Waals surface area contributed by atoms with Crippen LogP contribution in [0.3, 0.4) is 0 Å². The third kappa shape index (κ3) is 2.21. The van der Waals surface area contributed by atoms with Crippen molar-refractivity contribution < 1.29 is 9.18 Å². The molecular formula is C13H13FN4O. The zero-order valence-electron chi connectivity index (χ0n) is 10.4. The summed E-state index contributed by atoms with van der Waals surface area (Å²) in [6, 6.07) is 4.58. The van der Waals surface area contributed by atoms with E-state index in [1.807, 2.05) is 0 Å². The Morgan fingerprint density at radius 2 is 2.37 bits per heavy atom. The van der Waals surface area contributed by atoms with Gasteiger partial charge in [-0.15, -0.1) is 5.10 Å². The van der Waals surface area contributed by atoms with Gasteiger partial charge in [-0.2, -0.15) is 0 Å². The van der Waals surface area contributed by atoms with E-state index >= 15 is 0 Å². The van der Waals surface area contributed by atoms with E-state index in [1.165, 1.54) is 23.1 Å². The van der Waals surface area contributed by atoms with E-state index in [1.54, 1.807) is 13.1 Å². The fourth-order valence-electron chi connectivity index (χ4n) is 2.45. The Bertz CT molecular complexity index is 637. The van der Waals surface area contributed by atoms with E-state index in [0.29, 0.717) is 12.4 Å². The Labute approximate surface area is 109 Å². The molecule has 0 saturated carbocycles. The van der Waals surface area contributed by atoms with Gasteiger partial charge in [-0.1, -0.05) is 6.07 Å². The average molecular weight is 260 g/mol. The summed E-state index contributed by atoms with van der Waals surface area (Å²) in [5.41, 5.74) is 1.81. The van der Waals surface area contributed by atoms with Gasteiger partial charge in [0.05, 0.1) is 5.92 Å². The lowest BCUT2D eigenvalue weighted by molar-refractivity contribution is -0.117. The van der Waals surface area contributed by atoms with Crippen LogP contribution in [0.2, 0.25) is 0 Å². The molecule has 2 aromatic rings. The monoisotopic (exact) mass is 260 g/mol. The zero-order chi connectivity index (χ0) is 13.4. The highest BCUT2D eigenvalue weighted by Gasteiger charge is 2.29. The van der Waals surface area contributed by atoms with Gasteiger partial charge in [-0.25, -0.2) is 9.37 Å². The molecule has 19 heavy (non-hydrogen) atoms. The summed E-state index contributed by atoms with van der Waals surface area (Å²) in [6.45, 7) is 0. The van der Waals surface area contributed by atoms with Gasteiger partial charge in [0.25, 0.3) is 0 Å². The van der Waals surface area contributed by atoms with E-state index in [-0.39, 0.29) is 17.6 Å². The Balaban J connectivity index is 1.79. The maximum atomic E-state index is 13.1. The summed E-state index contributed by atoms with van der Waals surface area (Å²) in [7, 11) is 1.73. The molecule has 0 bridgehead atoms. The van der Waals surface area contributed by atoms with E-state index < -0.39 is 0 Å². The fourth-order valence-corrected chi connectivity index (χ4v) is 2.45. The van der Waals surface area contributed by atoms with Crippen LogP contribution in [-0.2, 0) is 18.3 Å². The van der Waals surface area contributed by atoms with Crippen molar-refractivity contribution in [3.63, 3.8) is 0 Å². The summed E-state index contributed by atoms with van der Waals surface area (Å²) in [4.78, 5) is 16.1. The van der Waals surface area contributed by atoms with Gasteiger partial charge in [-0.3, -0.25) is 14.8 Å². The fraction of sp³-hybridized carbons (Fsp3) is 0.308. The standard InChI is InChI=1S/C13H13FN4O/c1-18-7-15-13(17-18)16-12(19)11-4-2-8-6-9(14)3-5-10(8)11/h3,5-7,11H,2,4H2,1H3,(H,16,17,19)/t11-/m1/s1. The van der Waals surface area contributed by atoms with E-state index in [2.05, 4.69) is 15.4 Å². The molecule has 1 atom stereocenters. The molecule has 0 saturated heterocycles. The van der Waals surface area contributed by atoms with Crippen LogP contribution in [0.15, 0.2) is 24.5 Å². The Morgan fingerprint density at radius 3 is 3.11 bits per heavy atom. The smallest absolute Gasteiger partial charge is 0.248 e. The Kier molecular flexibility index (Phi) is 2.77. The molecule has 98 valence electrons. The topological polar surface area (TPSA) is 59.8 Å². The molecule has 1 aliphatic rings. The van der Waals surface area contributed by atoms with Crippen molar-refractivity contribution >= 4 is 11.9 Å². The lowest BCUT2D eigenvalue weighted by atomic mass is 10.0. The van der Waals surface area contributed by atoms with E-state index in [0.717, 1.165) is 17.5 Å². The second kappa shape index (κ2) is 4.46. The van der Waals surface area contributed by atoms with Crippen LogP contribution in [-0.4, -0.2) is 20.7 Å². The van der Waals surface area contributed by atoms with Crippen molar-refractivity contribution in [2.24, 2.45) is 7.05 Å². The molecule has 3 rings (SSSR count). The molecular weight excluding hydrogens is 247 g/mol. The number of benzene rings is 1. The van der Waals surface area contributed by atoms with Crippen molar-refractivity contribution in [2.45, 2.75) is 18.8 Å². The van der Waals surface area contributed by atoms with Gasteiger partial charge in [0, 0.05) is 7.05 Å². The predicted octanol–water partition coefficient (Wildman–Crippen LogP) is 1.62. The number of hydrogen-bond donors (Lipinski definition) is 1. The second-order valence-electron chi connectivity index (χ2n) is 4.67. The molecule has 0 aliphatic heterocycles. The van der Waals surface area contributed by atoms with Crippen molar-refractivity contribution in [1.29, 1.82) is 0 Å². The predicted molar refractivity (Wildman–Crippen MR) is 67.1 cm³/mol. The Morgan fingerprint density at radius 1 is 1.53 bits per heavy atom. The number of fused-ring (bicyclic) bond motifs is 1. The number of carbonyl (C=O) groups excluding carboxylic acids is 1. The molecule has 1 amide bonds. The zero-order valence-corrected chi connectivity index (χ0v) is 10.4. The van der Waals surface area contributed by atoms with Crippen LogP contribution >= 0.6 is 0 Å². The molecule has 1 heterocycles. The molecule has 1 aromatic heterocycles. The largest absolute Gasteiger partial charge is 0.293 e. The number of carbonyl (C=O) groups is 1. The molecule has 0 unspecified atom stereocenters. The summed E-state index contributed by atoms with van der Waals surface area (Å²) in [5, 5.41) is 6.69. The molecule has 1 N–H and O–H groups in total. The van der Waals surface area contributed by atoms with Crippen molar-refractivity contribution in [3.05, 3.63) is 41.5 Å².